The maximum absolute atomic E-state index is 12.3. The van der Waals surface area contributed by atoms with Crippen molar-refractivity contribution in [2.75, 3.05) is 0 Å². The standard InChI is InChI=1S/C11H8F2N4O/c12-11(13)18-9-4-2-1-3-8(9)17-5-7-10(16-17)15-6-14-7/h1-6,11H,(H,14,15,16). The average molecular weight is 250 g/mol. The summed E-state index contributed by atoms with van der Waals surface area (Å²) in [5, 5.41) is 4.16. The fourth-order valence-electron chi connectivity index (χ4n) is 1.69. The highest BCUT2D eigenvalue weighted by atomic mass is 19.3. The maximum Gasteiger partial charge on any atom is 0.387 e. The molecule has 0 radical (unpaired) electrons. The minimum absolute atomic E-state index is 0.0673. The monoisotopic (exact) mass is 250 g/mol. The minimum atomic E-state index is -2.87. The molecule has 1 N–H and O–H groups in total. The summed E-state index contributed by atoms with van der Waals surface area (Å²) in [7, 11) is 0. The molecule has 0 aliphatic carbocycles. The number of aromatic nitrogens is 4. The molecule has 5 nitrogen and oxygen atoms in total. The van der Waals surface area contributed by atoms with Crippen molar-refractivity contribution >= 4 is 11.2 Å². The first-order chi connectivity index (χ1) is 8.74. The van der Waals surface area contributed by atoms with Gasteiger partial charge in [-0.2, -0.15) is 8.78 Å². The van der Waals surface area contributed by atoms with E-state index in [0.29, 0.717) is 11.3 Å². The molecule has 0 aliphatic rings. The van der Waals surface area contributed by atoms with Gasteiger partial charge in [0.2, 0.25) is 0 Å². The fourth-order valence-corrected chi connectivity index (χ4v) is 1.69. The van der Waals surface area contributed by atoms with Crippen molar-refractivity contribution in [1.29, 1.82) is 0 Å². The summed E-state index contributed by atoms with van der Waals surface area (Å²) >= 11 is 0. The van der Waals surface area contributed by atoms with Gasteiger partial charge in [0.1, 0.15) is 11.2 Å². The number of nitrogens with one attached hydrogen (secondary N) is 1. The number of benzene rings is 1. The second kappa shape index (κ2) is 4.10. The number of rotatable bonds is 3. The predicted octanol–water partition coefficient (Wildman–Crippen LogP) is 2.35. The first-order valence-corrected chi connectivity index (χ1v) is 5.17. The minimum Gasteiger partial charge on any atom is -0.433 e. The molecule has 1 aromatic carbocycles. The summed E-state index contributed by atoms with van der Waals surface area (Å²) in [6.45, 7) is -2.87. The lowest BCUT2D eigenvalue weighted by Gasteiger charge is -2.09. The van der Waals surface area contributed by atoms with Gasteiger partial charge in [-0.3, -0.25) is 0 Å². The Labute approximate surface area is 100 Å². The summed E-state index contributed by atoms with van der Waals surface area (Å²) in [6.07, 6.45) is 3.18. The molecule has 0 saturated carbocycles. The lowest BCUT2D eigenvalue weighted by molar-refractivity contribution is -0.0498. The molecule has 0 atom stereocenters. The van der Waals surface area contributed by atoms with Crippen LogP contribution in [0, 0.1) is 0 Å². The lowest BCUT2D eigenvalue weighted by atomic mass is 10.3. The molecule has 3 aromatic rings. The van der Waals surface area contributed by atoms with Crippen molar-refractivity contribution in [3.8, 4) is 11.4 Å². The van der Waals surface area contributed by atoms with Crippen LogP contribution in [0.25, 0.3) is 16.9 Å². The van der Waals surface area contributed by atoms with Crippen LogP contribution < -0.4 is 4.74 Å². The number of halogens is 2. The average Bonchev–Trinajstić information content (AvgIpc) is 2.89. The third-order valence-electron chi connectivity index (χ3n) is 2.43. The zero-order valence-electron chi connectivity index (χ0n) is 9.05. The van der Waals surface area contributed by atoms with Crippen molar-refractivity contribution < 1.29 is 13.5 Å². The molecule has 0 fully saturated rings. The molecule has 0 amide bonds. The van der Waals surface area contributed by atoms with Crippen LogP contribution in [-0.4, -0.2) is 26.4 Å². The molecule has 0 bridgehead atoms. The topological polar surface area (TPSA) is 55.7 Å². The van der Waals surface area contributed by atoms with Crippen LogP contribution >= 0.6 is 0 Å². The van der Waals surface area contributed by atoms with Gasteiger partial charge in [-0.05, 0) is 12.1 Å². The van der Waals surface area contributed by atoms with Gasteiger partial charge in [-0.1, -0.05) is 12.1 Å². The number of alkyl halides is 2. The molecular formula is C11H8F2N4O. The van der Waals surface area contributed by atoms with Crippen molar-refractivity contribution in [2.24, 2.45) is 0 Å². The van der Waals surface area contributed by atoms with Gasteiger partial charge < -0.3 is 9.72 Å². The smallest absolute Gasteiger partial charge is 0.387 e. The van der Waals surface area contributed by atoms with Crippen LogP contribution in [0.3, 0.4) is 0 Å². The normalized spacial score (nSPS) is 11.3. The molecule has 18 heavy (non-hydrogen) atoms. The number of ether oxygens (including phenoxy) is 1. The number of para-hydroxylation sites is 2. The van der Waals surface area contributed by atoms with Gasteiger partial charge >= 0.3 is 6.61 Å². The molecule has 2 heterocycles. The number of fused-ring (bicyclic) bond motifs is 1. The van der Waals surface area contributed by atoms with E-state index >= 15 is 0 Å². The van der Waals surface area contributed by atoms with E-state index in [4.69, 9.17) is 0 Å². The molecule has 0 unspecified atom stereocenters. The molecule has 3 rings (SSSR count). The largest absolute Gasteiger partial charge is 0.433 e. The Bertz CT molecular complexity index is 648. The third-order valence-corrected chi connectivity index (χ3v) is 2.43. The molecule has 0 aliphatic heterocycles. The third kappa shape index (κ3) is 1.79. The van der Waals surface area contributed by atoms with Crippen molar-refractivity contribution in [3.05, 3.63) is 36.8 Å². The second-order valence-corrected chi connectivity index (χ2v) is 3.56. The maximum atomic E-state index is 12.3. The Kier molecular flexibility index (Phi) is 2.44. The van der Waals surface area contributed by atoms with E-state index in [-0.39, 0.29) is 5.75 Å². The van der Waals surface area contributed by atoms with E-state index in [1.54, 1.807) is 24.4 Å². The number of hydrogen-bond acceptors (Lipinski definition) is 3. The fraction of sp³-hybridized carbons (Fsp3) is 0.0909. The van der Waals surface area contributed by atoms with Crippen molar-refractivity contribution in [3.63, 3.8) is 0 Å². The zero-order valence-corrected chi connectivity index (χ0v) is 9.05. The first kappa shape index (κ1) is 10.7. The summed E-state index contributed by atoms with van der Waals surface area (Å²) in [5.41, 5.74) is 1.67. The second-order valence-electron chi connectivity index (χ2n) is 3.56. The highest BCUT2D eigenvalue weighted by Crippen LogP contribution is 2.24. The van der Waals surface area contributed by atoms with Gasteiger partial charge in [0.25, 0.3) is 0 Å². The van der Waals surface area contributed by atoms with Crippen LogP contribution in [0.4, 0.5) is 8.78 Å². The van der Waals surface area contributed by atoms with E-state index in [2.05, 4.69) is 19.8 Å². The van der Waals surface area contributed by atoms with Crippen molar-refractivity contribution in [2.45, 2.75) is 6.61 Å². The van der Waals surface area contributed by atoms with Gasteiger partial charge in [-0.25, -0.2) is 9.67 Å². The molecule has 2 aromatic heterocycles. The summed E-state index contributed by atoms with van der Waals surface area (Å²) in [4.78, 5) is 6.87. The number of imidazole rings is 1. The molecule has 92 valence electrons. The van der Waals surface area contributed by atoms with Crippen LogP contribution in [0.5, 0.6) is 5.75 Å². The predicted molar refractivity (Wildman–Crippen MR) is 59.8 cm³/mol. The summed E-state index contributed by atoms with van der Waals surface area (Å²) in [6, 6.07) is 6.44. The molecular weight excluding hydrogens is 242 g/mol. The highest BCUT2D eigenvalue weighted by Gasteiger charge is 2.12. The molecule has 0 spiro atoms. The van der Waals surface area contributed by atoms with Crippen LogP contribution in [0.2, 0.25) is 0 Å². The zero-order chi connectivity index (χ0) is 12.5. The van der Waals surface area contributed by atoms with E-state index < -0.39 is 6.61 Å². The van der Waals surface area contributed by atoms with Gasteiger partial charge in [0.05, 0.1) is 12.5 Å². The SMILES string of the molecule is FC(F)Oc1ccccc1-n1cc2[nH]cnc2n1. The number of nitrogens with zero attached hydrogens (tertiary/aromatic N) is 3. The van der Waals surface area contributed by atoms with Gasteiger partial charge in [-0.15, -0.1) is 5.10 Å². The Morgan fingerprint density at radius 3 is 2.89 bits per heavy atom. The molecule has 0 saturated heterocycles. The van der Waals surface area contributed by atoms with Gasteiger partial charge in [0.15, 0.2) is 11.4 Å². The van der Waals surface area contributed by atoms with Crippen LogP contribution in [0.15, 0.2) is 36.8 Å². The number of H-pyrrole nitrogens is 1. The van der Waals surface area contributed by atoms with Gasteiger partial charge in [0, 0.05) is 0 Å². The van der Waals surface area contributed by atoms with E-state index in [9.17, 15) is 8.78 Å². The molecule has 7 heteroatoms. The first-order valence-electron chi connectivity index (χ1n) is 5.17. The van der Waals surface area contributed by atoms with Crippen molar-refractivity contribution in [1.82, 2.24) is 19.7 Å². The summed E-state index contributed by atoms with van der Waals surface area (Å²) in [5.74, 6) is 0.0673. The van der Waals surface area contributed by atoms with E-state index in [1.165, 1.54) is 17.1 Å². The Morgan fingerprint density at radius 2 is 2.11 bits per heavy atom. The Morgan fingerprint density at radius 1 is 1.28 bits per heavy atom. The Balaban J connectivity index is 2.08. The number of hydrogen-bond donors (Lipinski definition) is 1. The van der Waals surface area contributed by atoms with Crippen LogP contribution in [-0.2, 0) is 0 Å². The van der Waals surface area contributed by atoms with E-state index in [1.807, 2.05) is 0 Å². The Hall–Kier alpha value is -2.44. The summed E-state index contributed by atoms with van der Waals surface area (Å²) < 4.78 is 30.5. The lowest BCUT2D eigenvalue weighted by Crippen LogP contribution is -2.06. The van der Waals surface area contributed by atoms with E-state index in [0.717, 1.165) is 5.52 Å². The highest BCUT2D eigenvalue weighted by molar-refractivity contribution is 5.70. The number of aromatic amines is 1. The quantitative estimate of drug-likeness (QED) is 0.776. The van der Waals surface area contributed by atoms with Crippen LogP contribution in [0.1, 0.15) is 0 Å².